The number of carbonyl (C=O) groups is 2. The van der Waals surface area contributed by atoms with Crippen LogP contribution >= 0.6 is 0 Å². The molecule has 0 unspecified atom stereocenters. The number of nitrogens with one attached hydrogen (secondary N) is 1. The standard InChI is InChI=1S/C20H20N2O3/c1-25-17-7-2-13(3-8-17)11-22-12-15-10-14(4-9-18(15)20(22)24)19(23)21-16-5-6-16/h2-4,7-10,16H,5-6,11-12H2,1H3,(H,21,23). The fraction of sp³-hybridized carbons (Fsp3) is 0.300. The van der Waals surface area contributed by atoms with Gasteiger partial charge in [0, 0.05) is 30.3 Å². The molecule has 1 aliphatic heterocycles. The quantitative estimate of drug-likeness (QED) is 0.913. The first-order valence-corrected chi connectivity index (χ1v) is 8.50. The van der Waals surface area contributed by atoms with E-state index >= 15 is 0 Å². The topological polar surface area (TPSA) is 58.6 Å². The summed E-state index contributed by atoms with van der Waals surface area (Å²) < 4.78 is 5.16. The van der Waals surface area contributed by atoms with Crippen LogP contribution < -0.4 is 10.1 Å². The molecule has 4 rings (SSSR count). The summed E-state index contributed by atoms with van der Waals surface area (Å²) in [5.41, 5.74) is 3.29. The van der Waals surface area contributed by atoms with Crippen molar-refractivity contribution in [2.45, 2.75) is 32.0 Å². The lowest BCUT2D eigenvalue weighted by Crippen LogP contribution is -2.25. The second-order valence-electron chi connectivity index (χ2n) is 6.63. The van der Waals surface area contributed by atoms with E-state index in [1.807, 2.05) is 30.3 Å². The van der Waals surface area contributed by atoms with Crippen LogP contribution in [0.5, 0.6) is 5.75 Å². The fourth-order valence-corrected chi connectivity index (χ4v) is 3.10. The average Bonchev–Trinajstić information content (AvgIpc) is 3.39. The number of rotatable bonds is 5. The number of hydrogen-bond donors (Lipinski definition) is 1. The fourth-order valence-electron chi connectivity index (χ4n) is 3.10. The Hall–Kier alpha value is -2.82. The highest BCUT2D eigenvalue weighted by atomic mass is 16.5. The van der Waals surface area contributed by atoms with Crippen molar-refractivity contribution in [1.29, 1.82) is 0 Å². The maximum absolute atomic E-state index is 12.6. The average molecular weight is 336 g/mol. The second-order valence-corrected chi connectivity index (χ2v) is 6.63. The summed E-state index contributed by atoms with van der Waals surface area (Å²) in [5, 5.41) is 2.99. The third kappa shape index (κ3) is 3.22. The van der Waals surface area contributed by atoms with E-state index in [9.17, 15) is 9.59 Å². The first-order valence-electron chi connectivity index (χ1n) is 8.50. The maximum Gasteiger partial charge on any atom is 0.254 e. The van der Waals surface area contributed by atoms with E-state index in [4.69, 9.17) is 4.74 Å². The first kappa shape index (κ1) is 15.7. The molecule has 1 saturated carbocycles. The van der Waals surface area contributed by atoms with Crippen LogP contribution in [0.3, 0.4) is 0 Å². The van der Waals surface area contributed by atoms with E-state index < -0.39 is 0 Å². The molecule has 0 spiro atoms. The van der Waals surface area contributed by atoms with Gasteiger partial charge in [-0.05, 0) is 54.3 Å². The Kier molecular flexibility index (Phi) is 3.92. The monoisotopic (exact) mass is 336 g/mol. The van der Waals surface area contributed by atoms with Gasteiger partial charge in [-0.1, -0.05) is 12.1 Å². The number of carbonyl (C=O) groups excluding carboxylic acids is 2. The van der Waals surface area contributed by atoms with Gasteiger partial charge < -0.3 is 15.0 Å². The second kappa shape index (κ2) is 6.24. The molecule has 0 saturated heterocycles. The molecule has 2 aromatic carbocycles. The van der Waals surface area contributed by atoms with Gasteiger partial charge in [-0.25, -0.2) is 0 Å². The molecule has 5 heteroatoms. The van der Waals surface area contributed by atoms with Gasteiger partial charge in [0.25, 0.3) is 11.8 Å². The van der Waals surface area contributed by atoms with E-state index in [1.165, 1.54) is 0 Å². The molecule has 0 aromatic heterocycles. The van der Waals surface area contributed by atoms with Crippen LogP contribution in [0.25, 0.3) is 0 Å². The Labute approximate surface area is 146 Å². The van der Waals surface area contributed by atoms with Crippen molar-refractivity contribution < 1.29 is 14.3 Å². The number of benzene rings is 2. The summed E-state index contributed by atoms with van der Waals surface area (Å²) in [5.74, 6) is 0.762. The summed E-state index contributed by atoms with van der Waals surface area (Å²) in [6.45, 7) is 1.08. The maximum atomic E-state index is 12.6. The van der Waals surface area contributed by atoms with Crippen molar-refractivity contribution in [2.75, 3.05) is 7.11 Å². The summed E-state index contributed by atoms with van der Waals surface area (Å²) in [4.78, 5) is 26.6. The molecule has 2 aliphatic rings. The predicted octanol–water partition coefficient (Wildman–Crippen LogP) is 2.74. The number of ether oxygens (including phenoxy) is 1. The number of methoxy groups -OCH3 is 1. The molecule has 0 bridgehead atoms. The molecule has 1 aliphatic carbocycles. The predicted molar refractivity (Wildman–Crippen MR) is 93.5 cm³/mol. The van der Waals surface area contributed by atoms with Gasteiger partial charge in [0.05, 0.1) is 7.11 Å². The third-order valence-electron chi connectivity index (χ3n) is 4.69. The van der Waals surface area contributed by atoms with Gasteiger partial charge in [-0.3, -0.25) is 9.59 Å². The van der Waals surface area contributed by atoms with E-state index in [0.29, 0.717) is 30.3 Å². The van der Waals surface area contributed by atoms with Crippen molar-refractivity contribution in [3.63, 3.8) is 0 Å². The largest absolute Gasteiger partial charge is 0.497 e. The zero-order valence-corrected chi connectivity index (χ0v) is 14.1. The van der Waals surface area contributed by atoms with Crippen molar-refractivity contribution in [2.24, 2.45) is 0 Å². The highest BCUT2D eigenvalue weighted by Gasteiger charge is 2.29. The molecule has 1 heterocycles. The summed E-state index contributed by atoms with van der Waals surface area (Å²) in [6.07, 6.45) is 2.12. The Balaban J connectivity index is 1.48. The van der Waals surface area contributed by atoms with Crippen molar-refractivity contribution in [3.8, 4) is 5.75 Å². The van der Waals surface area contributed by atoms with Crippen molar-refractivity contribution >= 4 is 11.8 Å². The third-order valence-corrected chi connectivity index (χ3v) is 4.69. The van der Waals surface area contributed by atoms with E-state index in [-0.39, 0.29) is 11.8 Å². The molecule has 2 amide bonds. The van der Waals surface area contributed by atoms with Crippen LogP contribution in [0.4, 0.5) is 0 Å². The van der Waals surface area contributed by atoms with Crippen LogP contribution in [0.15, 0.2) is 42.5 Å². The van der Waals surface area contributed by atoms with Gasteiger partial charge in [0.15, 0.2) is 0 Å². The zero-order chi connectivity index (χ0) is 17.4. The highest BCUT2D eigenvalue weighted by Crippen LogP contribution is 2.26. The lowest BCUT2D eigenvalue weighted by Gasteiger charge is -2.15. The molecule has 25 heavy (non-hydrogen) atoms. The van der Waals surface area contributed by atoms with Gasteiger partial charge in [0.2, 0.25) is 0 Å². The first-order chi connectivity index (χ1) is 12.1. The van der Waals surface area contributed by atoms with E-state index in [1.54, 1.807) is 24.1 Å². The lowest BCUT2D eigenvalue weighted by atomic mass is 10.1. The molecule has 5 nitrogen and oxygen atoms in total. The minimum absolute atomic E-state index is 0.0139. The number of nitrogens with zero attached hydrogens (tertiary/aromatic N) is 1. The molecular weight excluding hydrogens is 316 g/mol. The highest BCUT2D eigenvalue weighted by molar-refractivity contribution is 6.01. The smallest absolute Gasteiger partial charge is 0.254 e. The Morgan fingerprint density at radius 3 is 2.64 bits per heavy atom. The zero-order valence-electron chi connectivity index (χ0n) is 14.1. The normalized spacial score (nSPS) is 15.9. The van der Waals surface area contributed by atoms with E-state index in [2.05, 4.69) is 5.32 Å². The van der Waals surface area contributed by atoms with Gasteiger partial charge in [0.1, 0.15) is 5.75 Å². The SMILES string of the molecule is COc1ccc(CN2Cc3cc(C(=O)NC4CC4)ccc3C2=O)cc1. The Bertz CT molecular complexity index is 825. The van der Waals surface area contributed by atoms with Gasteiger partial charge >= 0.3 is 0 Å². The van der Waals surface area contributed by atoms with Crippen LogP contribution in [0.1, 0.15) is 44.7 Å². The molecule has 128 valence electrons. The van der Waals surface area contributed by atoms with Crippen LogP contribution in [0, 0.1) is 0 Å². The Morgan fingerprint density at radius 2 is 1.96 bits per heavy atom. The summed E-state index contributed by atoms with van der Waals surface area (Å²) in [6, 6.07) is 13.4. The summed E-state index contributed by atoms with van der Waals surface area (Å²) >= 11 is 0. The molecule has 0 radical (unpaired) electrons. The minimum Gasteiger partial charge on any atom is -0.497 e. The van der Waals surface area contributed by atoms with Crippen LogP contribution in [-0.4, -0.2) is 29.9 Å². The van der Waals surface area contributed by atoms with Crippen LogP contribution in [-0.2, 0) is 13.1 Å². The number of fused-ring (bicyclic) bond motifs is 1. The van der Waals surface area contributed by atoms with Crippen molar-refractivity contribution in [1.82, 2.24) is 10.2 Å². The number of hydrogen-bond acceptors (Lipinski definition) is 3. The van der Waals surface area contributed by atoms with Crippen LogP contribution in [0.2, 0.25) is 0 Å². The lowest BCUT2D eigenvalue weighted by molar-refractivity contribution is 0.0766. The van der Waals surface area contributed by atoms with Crippen molar-refractivity contribution in [3.05, 3.63) is 64.7 Å². The molecular formula is C20H20N2O3. The number of amides is 2. The summed E-state index contributed by atoms with van der Waals surface area (Å²) in [7, 11) is 1.63. The Morgan fingerprint density at radius 1 is 1.20 bits per heavy atom. The van der Waals surface area contributed by atoms with Gasteiger partial charge in [-0.2, -0.15) is 0 Å². The molecule has 0 atom stereocenters. The molecule has 1 N–H and O–H groups in total. The van der Waals surface area contributed by atoms with E-state index in [0.717, 1.165) is 29.7 Å². The minimum atomic E-state index is -0.0497. The molecule has 2 aromatic rings. The molecule has 1 fully saturated rings. The van der Waals surface area contributed by atoms with Gasteiger partial charge in [-0.15, -0.1) is 0 Å².